The number of anilines is 1. The monoisotopic (exact) mass is 347 g/mol. The van der Waals surface area contributed by atoms with Crippen molar-refractivity contribution in [2.75, 3.05) is 23.7 Å². The Morgan fingerprint density at radius 1 is 1.47 bits per heavy atom. The van der Waals surface area contributed by atoms with E-state index in [4.69, 9.17) is 5.14 Å². The number of piperidine rings is 1. The van der Waals surface area contributed by atoms with Gasteiger partial charge in [-0.3, -0.25) is 4.98 Å². The molecular weight excluding hydrogens is 330 g/mol. The van der Waals surface area contributed by atoms with E-state index < -0.39 is 10.0 Å². The van der Waals surface area contributed by atoms with Crippen molar-refractivity contribution >= 4 is 31.6 Å². The molecule has 1 aliphatic heterocycles. The van der Waals surface area contributed by atoms with Gasteiger partial charge in [-0.05, 0) is 47.7 Å². The lowest BCUT2D eigenvalue weighted by Gasteiger charge is -2.34. The van der Waals surface area contributed by atoms with E-state index in [9.17, 15) is 8.42 Å². The summed E-state index contributed by atoms with van der Waals surface area (Å²) in [4.78, 5) is 6.49. The number of halogens is 1. The van der Waals surface area contributed by atoms with Gasteiger partial charge in [-0.1, -0.05) is 0 Å². The summed E-state index contributed by atoms with van der Waals surface area (Å²) in [6.45, 7) is 3.66. The molecule has 1 aromatic heterocycles. The standard InChI is InChI=1S/C12H18BrN3O2S/c1-9-12(13)11(2-5-15-9)16-6-3-10(4-7-16)8-19(14,17)18/h2,5,10H,3-4,6-8H2,1H3,(H2,14,17,18). The predicted octanol–water partition coefficient (Wildman–Crippen LogP) is 1.66. The van der Waals surface area contributed by atoms with Crippen LogP contribution in [0.15, 0.2) is 16.7 Å². The van der Waals surface area contributed by atoms with Crippen LogP contribution < -0.4 is 10.0 Å². The van der Waals surface area contributed by atoms with Gasteiger partial charge in [0.25, 0.3) is 0 Å². The van der Waals surface area contributed by atoms with Crippen LogP contribution in [0.4, 0.5) is 5.69 Å². The number of rotatable bonds is 3. The molecule has 1 aromatic rings. The van der Waals surface area contributed by atoms with Gasteiger partial charge in [0.1, 0.15) is 0 Å². The number of pyridine rings is 1. The molecule has 5 nitrogen and oxygen atoms in total. The zero-order valence-electron chi connectivity index (χ0n) is 10.8. The van der Waals surface area contributed by atoms with Crippen molar-refractivity contribution in [3.8, 4) is 0 Å². The molecule has 0 amide bonds. The molecule has 106 valence electrons. The Hall–Kier alpha value is -0.660. The number of sulfonamides is 1. The first-order chi connectivity index (χ1) is 8.87. The van der Waals surface area contributed by atoms with Crippen molar-refractivity contribution in [3.05, 3.63) is 22.4 Å². The molecule has 2 heterocycles. The van der Waals surface area contributed by atoms with Crippen molar-refractivity contribution in [1.82, 2.24) is 4.98 Å². The van der Waals surface area contributed by atoms with Gasteiger partial charge in [-0.15, -0.1) is 0 Å². The Kier molecular flexibility index (Phi) is 4.47. The van der Waals surface area contributed by atoms with Gasteiger partial charge in [0.2, 0.25) is 10.0 Å². The Bertz CT molecular complexity index is 554. The summed E-state index contributed by atoms with van der Waals surface area (Å²) >= 11 is 3.56. The minimum atomic E-state index is -3.36. The lowest BCUT2D eigenvalue weighted by molar-refractivity contribution is 0.435. The second-order valence-electron chi connectivity index (χ2n) is 4.99. The predicted molar refractivity (Wildman–Crippen MR) is 79.6 cm³/mol. The molecule has 0 aliphatic carbocycles. The molecule has 1 aliphatic rings. The summed E-state index contributed by atoms with van der Waals surface area (Å²) in [7, 11) is -3.36. The molecule has 2 rings (SSSR count). The van der Waals surface area contributed by atoms with Crippen LogP contribution in [0.25, 0.3) is 0 Å². The van der Waals surface area contributed by atoms with Crippen LogP contribution in [-0.4, -0.2) is 32.2 Å². The third-order valence-corrected chi connectivity index (χ3v) is 5.38. The molecule has 0 saturated carbocycles. The highest BCUT2D eigenvalue weighted by atomic mass is 79.9. The fourth-order valence-corrected chi connectivity index (χ4v) is 3.92. The average molecular weight is 348 g/mol. The van der Waals surface area contributed by atoms with E-state index in [1.165, 1.54) is 0 Å². The first-order valence-electron chi connectivity index (χ1n) is 6.23. The van der Waals surface area contributed by atoms with Crippen molar-refractivity contribution in [1.29, 1.82) is 0 Å². The Balaban J connectivity index is 2.02. The highest BCUT2D eigenvalue weighted by molar-refractivity contribution is 9.10. The molecule has 0 bridgehead atoms. The van der Waals surface area contributed by atoms with Gasteiger partial charge >= 0.3 is 0 Å². The summed E-state index contributed by atoms with van der Waals surface area (Å²) < 4.78 is 23.2. The van der Waals surface area contributed by atoms with E-state index in [1.807, 2.05) is 13.0 Å². The van der Waals surface area contributed by atoms with Crippen LogP contribution in [0.3, 0.4) is 0 Å². The molecule has 1 fully saturated rings. The first-order valence-corrected chi connectivity index (χ1v) is 8.74. The summed E-state index contributed by atoms with van der Waals surface area (Å²) in [5, 5.41) is 5.10. The van der Waals surface area contributed by atoms with Crippen molar-refractivity contribution in [2.24, 2.45) is 11.1 Å². The quantitative estimate of drug-likeness (QED) is 0.901. The third-order valence-electron chi connectivity index (χ3n) is 3.47. The maximum Gasteiger partial charge on any atom is 0.209 e. The van der Waals surface area contributed by atoms with E-state index >= 15 is 0 Å². The number of aromatic nitrogens is 1. The SMILES string of the molecule is Cc1nccc(N2CCC(CS(N)(=O)=O)CC2)c1Br. The number of hydrogen-bond acceptors (Lipinski definition) is 4. The molecule has 2 N–H and O–H groups in total. The lowest BCUT2D eigenvalue weighted by atomic mass is 9.98. The Morgan fingerprint density at radius 2 is 2.11 bits per heavy atom. The fourth-order valence-electron chi connectivity index (χ4n) is 2.45. The van der Waals surface area contributed by atoms with E-state index in [0.29, 0.717) is 0 Å². The molecule has 7 heteroatoms. The minimum absolute atomic E-state index is 0.0946. The second kappa shape index (κ2) is 5.76. The lowest BCUT2D eigenvalue weighted by Crippen LogP contribution is -2.37. The number of aryl methyl sites for hydroxylation is 1. The van der Waals surface area contributed by atoms with Gasteiger partial charge in [0, 0.05) is 19.3 Å². The van der Waals surface area contributed by atoms with E-state index in [-0.39, 0.29) is 11.7 Å². The zero-order valence-corrected chi connectivity index (χ0v) is 13.2. The normalized spacial score (nSPS) is 17.7. The van der Waals surface area contributed by atoms with Crippen LogP contribution in [0, 0.1) is 12.8 Å². The molecule has 19 heavy (non-hydrogen) atoms. The van der Waals surface area contributed by atoms with Gasteiger partial charge in [0.15, 0.2) is 0 Å². The third kappa shape index (κ3) is 3.90. The highest BCUT2D eigenvalue weighted by Crippen LogP contribution is 2.31. The number of nitrogens with zero attached hydrogens (tertiary/aromatic N) is 2. The largest absolute Gasteiger partial charge is 0.371 e. The Labute approximate surface area is 122 Å². The number of nitrogens with two attached hydrogens (primary N) is 1. The topological polar surface area (TPSA) is 76.3 Å². The van der Waals surface area contributed by atoms with E-state index in [2.05, 4.69) is 25.8 Å². The minimum Gasteiger partial charge on any atom is -0.371 e. The highest BCUT2D eigenvalue weighted by Gasteiger charge is 2.24. The Morgan fingerprint density at radius 3 is 2.68 bits per heavy atom. The van der Waals surface area contributed by atoms with Crippen LogP contribution in [0.1, 0.15) is 18.5 Å². The van der Waals surface area contributed by atoms with Gasteiger partial charge < -0.3 is 4.90 Å². The molecule has 0 radical (unpaired) electrons. The van der Waals surface area contributed by atoms with Crippen LogP contribution >= 0.6 is 15.9 Å². The van der Waals surface area contributed by atoms with Gasteiger partial charge in [-0.2, -0.15) is 0 Å². The molecule has 0 atom stereocenters. The van der Waals surface area contributed by atoms with Crippen molar-refractivity contribution in [2.45, 2.75) is 19.8 Å². The summed E-state index contributed by atoms with van der Waals surface area (Å²) in [5.74, 6) is 0.269. The first kappa shape index (κ1) is 14.7. The molecule has 0 unspecified atom stereocenters. The summed E-state index contributed by atoms with van der Waals surface area (Å²) in [6.07, 6.45) is 3.50. The van der Waals surface area contributed by atoms with Crippen LogP contribution in [-0.2, 0) is 10.0 Å². The molecule has 0 aromatic carbocycles. The maximum atomic E-state index is 11.1. The molecule has 0 spiro atoms. The van der Waals surface area contributed by atoms with Crippen LogP contribution in [0.2, 0.25) is 0 Å². The number of hydrogen-bond donors (Lipinski definition) is 1. The van der Waals surface area contributed by atoms with Gasteiger partial charge in [0.05, 0.1) is 21.6 Å². The smallest absolute Gasteiger partial charge is 0.209 e. The molecule has 1 saturated heterocycles. The van der Waals surface area contributed by atoms with E-state index in [1.54, 1.807) is 6.20 Å². The van der Waals surface area contributed by atoms with E-state index in [0.717, 1.165) is 41.8 Å². The summed E-state index contributed by atoms with van der Waals surface area (Å²) in [5.41, 5.74) is 2.09. The zero-order chi connectivity index (χ0) is 14.0. The van der Waals surface area contributed by atoms with Gasteiger partial charge in [-0.25, -0.2) is 13.6 Å². The molecular formula is C12H18BrN3O2S. The van der Waals surface area contributed by atoms with Crippen molar-refractivity contribution in [3.63, 3.8) is 0 Å². The van der Waals surface area contributed by atoms with Crippen molar-refractivity contribution < 1.29 is 8.42 Å². The fraction of sp³-hybridized carbons (Fsp3) is 0.583. The second-order valence-corrected chi connectivity index (χ2v) is 7.44. The summed E-state index contributed by atoms with van der Waals surface area (Å²) in [6, 6.07) is 1.98. The van der Waals surface area contributed by atoms with Crippen LogP contribution in [0.5, 0.6) is 0 Å². The number of primary sulfonamides is 1. The maximum absolute atomic E-state index is 11.1. The average Bonchev–Trinajstić information content (AvgIpc) is 2.32.